The van der Waals surface area contributed by atoms with Crippen LogP contribution in [0.5, 0.6) is 0 Å². The number of benzene rings is 2. The molecule has 0 atom stereocenters. The standard InChI is InChI=1S/C17H13ClN4S/c1-10-2-5-13(6-3-10)22-16(20-21-17(22)23)15-9-11-8-12(18)4-7-14(11)19-15/h2-9,19H,1H3,(H,21,23). The first-order chi connectivity index (χ1) is 11.1. The normalized spacial score (nSPS) is 11.2. The van der Waals surface area contributed by atoms with Crippen molar-refractivity contribution in [2.45, 2.75) is 6.92 Å². The number of hydrogen-bond acceptors (Lipinski definition) is 2. The monoisotopic (exact) mass is 340 g/mol. The molecule has 0 spiro atoms. The molecule has 2 N–H and O–H groups in total. The van der Waals surface area contributed by atoms with Crippen LogP contribution in [-0.2, 0) is 0 Å². The zero-order valence-electron chi connectivity index (χ0n) is 12.3. The van der Waals surface area contributed by atoms with E-state index in [1.165, 1.54) is 5.56 Å². The van der Waals surface area contributed by atoms with Gasteiger partial charge in [-0.1, -0.05) is 29.3 Å². The largest absolute Gasteiger partial charge is 0.352 e. The molecule has 23 heavy (non-hydrogen) atoms. The Morgan fingerprint density at radius 2 is 1.87 bits per heavy atom. The highest BCUT2D eigenvalue weighted by molar-refractivity contribution is 7.71. The van der Waals surface area contributed by atoms with Crippen LogP contribution in [0.15, 0.2) is 48.5 Å². The summed E-state index contributed by atoms with van der Waals surface area (Å²) in [5, 5.41) is 9.01. The maximum Gasteiger partial charge on any atom is 0.200 e. The average Bonchev–Trinajstić information content (AvgIpc) is 3.11. The van der Waals surface area contributed by atoms with E-state index in [4.69, 9.17) is 23.8 Å². The van der Waals surface area contributed by atoms with Gasteiger partial charge in [-0.15, -0.1) is 0 Å². The first kappa shape index (κ1) is 14.2. The van der Waals surface area contributed by atoms with Crippen LogP contribution in [0.2, 0.25) is 5.02 Å². The van der Waals surface area contributed by atoms with Gasteiger partial charge in [-0.2, -0.15) is 5.10 Å². The molecule has 0 saturated heterocycles. The molecular formula is C17H13ClN4S. The van der Waals surface area contributed by atoms with Crippen molar-refractivity contribution in [1.29, 1.82) is 0 Å². The van der Waals surface area contributed by atoms with Gasteiger partial charge >= 0.3 is 0 Å². The molecule has 0 unspecified atom stereocenters. The fourth-order valence-electron chi connectivity index (χ4n) is 2.63. The quantitative estimate of drug-likeness (QED) is 0.502. The van der Waals surface area contributed by atoms with Crippen molar-refractivity contribution in [3.05, 3.63) is 63.9 Å². The molecule has 4 aromatic rings. The van der Waals surface area contributed by atoms with E-state index in [2.05, 4.69) is 34.2 Å². The lowest BCUT2D eigenvalue weighted by atomic mass is 10.2. The topological polar surface area (TPSA) is 49.4 Å². The summed E-state index contributed by atoms with van der Waals surface area (Å²) in [6, 6.07) is 15.9. The maximum absolute atomic E-state index is 6.06. The Balaban J connectivity index is 1.91. The van der Waals surface area contributed by atoms with Crippen molar-refractivity contribution in [3.63, 3.8) is 0 Å². The van der Waals surface area contributed by atoms with E-state index in [0.717, 1.165) is 28.1 Å². The number of halogens is 1. The summed E-state index contributed by atoms with van der Waals surface area (Å²) >= 11 is 11.5. The Bertz CT molecular complexity index is 1060. The lowest BCUT2D eigenvalue weighted by Gasteiger charge is -2.06. The lowest BCUT2D eigenvalue weighted by molar-refractivity contribution is 1.03. The average molecular weight is 341 g/mol. The highest BCUT2D eigenvalue weighted by atomic mass is 35.5. The molecule has 0 bridgehead atoms. The third kappa shape index (κ3) is 2.48. The molecule has 0 amide bonds. The van der Waals surface area contributed by atoms with Crippen LogP contribution < -0.4 is 0 Å². The summed E-state index contributed by atoms with van der Waals surface area (Å²) < 4.78 is 2.47. The van der Waals surface area contributed by atoms with Gasteiger partial charge in [0, 0.05) is 15.9 Å². The van der Waals surface area contributed by atoms with Gasteiger partial charge in [-0.25, -0.2) is 0 Å². The molecule has 0 aliphatic rings. The lowest BCUT2D eigenvalue weighted by Crippen LogP contribution is -1.97. The van der Waals surface area contributed by atoms with E-state index in [-0.39, 0.29) is 0 Å². The molecule has 2 heterocycles. The van der Waals surface area contributed by atoms with E-state index >= 15 is 0 Å². The first-order valence-electron chi connectivity index (χ1n) is 7.15. The van der Waals surface area contributed by atoms with Gasteiger partial charge in [0.2, 0.25) is 0 Å². The number of aromatic nitrogens is 4. The van der Waals surface area contributed by atoms with Gasteiger partial charge in [0.15, 0.2) is 10.6 Å². The summed E-state index contributed by atoms with van der Waals surface area (Å²) in [4.78, 5) is 3.37. The van der Waals surface area contributed by atoms with Gasteiger partial charge in [0.25, 0.3) is 0 Å². The third-order valence-electron chi connectivity index (χ3n) is 3.79. The second kappa shape index (κ2) is 5.37. The van der Waals surface area contributed by atoms with Crippen molar-refractivity contribution in [1.82, 2.24) is 19.7 Å². The second-order valence-corrected chi connectivity index (χ2v) is 6.26. The van der Waals surface area contributed by atoms with Crippen LogP contribution in [-0.4, -0.2) is 19.7 Å². The number of aromatic amines is 2. The summed E-state index contributed by atoms with van der Waals surface area (Å²) in [6.45, 7) is 2.06. The minimum atomic E-state index is 0.556. The zero-order chi connectivity index (χ0) is 16.0. The minimum Gasteiger partial charge on any atom is -0.352 e. The molecule has 6 heteroatoms. The number of H-pyrrole nitrogens is 2. The van der Waals surface area contributed by atoms with Crippen LogP contribution in [0.4, 0.5) is 0 Å². The Labute approximate surface area is 142 Å². The number of hydrogen-bond donors (Lipinski definition) is 2. The van der Waals surface area contributed by atoms with E-state index in [1.807, 2.05) is 41.0 Å². The summed E-state index contributed by atoms with van der Waals surface area (Å²) in [5.41, 5.74) is 4.07. The van der Waals surface area contributed by atoms with Crippen LogP contribution in [0.3, 0.4) is 0 Å². The maximum atomic E-state index is 6.06. The van der Waals surface area contributed by atoms with Crippen LogP contribution >= 0.6 is 23.8 Å². The van der Waals surface area contributed by atoms with Crippen molar-refractivity contribution in [2.24, 2.45) is 0 Å². The van der Waals surface area contributed by atoms with Crippen molar-refractivity contribution < 1.29 is 0 Å². The Morgan fingerprint density at radius 1 is 1.09 bits per heavy atom. The van der Waals surface area contributed by atoms with Gasteiger partial charge < -0.3 is 4.98 Å². The fourth-order valence-corrected chi connectivity index (χ4v) is 3.05. The Kier molecular flexibility index (Phi) is 3.32. The molecule has 114 valence electrons. The number of nitrogens with one attached hydrogen (secondary N) is 2. The molecule has 4 rings (SSSR count). The molecule has 0 saturated carbocycles. The van der Waals surface area contributed by atoms with Gasteiger partial charge in [0.05, 0.1) is 11.4 Å². The van der Waals surface area contributed by atoms with E-state index in [1.54, 1.807) is 0 Å². The first-order valence-corrected chi connectivity index (χ1v) is 7.93. The summed E-state index contributed by atoms with van der Waals surface area (Å²) in [6.07, 6.45) is 0. The second-order valence-electron chi connectivity index (χ2n) is 5.44. The predicted octanol–water partition coefficient (Wildman–Crippen LogP) is 5.04. The third-order valence-corrected chi connectivity index (χ3v) is 4.30. The predicted molar refractivity (Wildman–Crippen MR) is 95.8 cm³/mol. The molecule has 4 nitrogen and oxygen atoms in total. The van der Waals surface area contributed by atoms with Crippen molar-refractivity contribution in [2.75, 3.05) is 0 Å². The number of rotatable bonds is 2. The SMILES string of the molecule is Cc1ccc(-n2c(-c3cc4cc(Cl)ccc4[nH]3)n[nH]c2=S)cc1. The summed E-state index contributed by atoms with van der Waals surface area (Å²) in [7, 11) is 0. The Morgan fingerprint density at radius 3 is 2.65 bits per heavy atom. The van der Waals surface area contributed by atoms with Crippen LogP contribution in [0, 0.1) is 11.7 Å². The van der Waals surface area contributed by atoms with E-state index < -0.39 is 0 Å². The molecule has 0 fully saturated rings. The summed E-state index contributed by atoms with van der Waals surface area (Å²) in [5.74, 6) is 0.742. The molecule has 0 aliphatic carbocycles. The van der Waals surface area contributed by atoms with Crippen LogP contribution in [0.25, 0.3) is 28.1 Å². The fraction of sp³-hybridized carbons (Fsp3) is 0.0588. The van der Waals surface area contributed by atoms with E-state index in [9.17, 15) is 0 Å². The Hall–Kier alpha value is -2.37. The number of fused-ring (bicyclic) bond motifs is 1. The number of aryl methyl sites for hydroxylation is 1. The van der Waals surface area contributed by atoms with Crippen LogP contribution in [0.1, 0.15) is 5.56 Å². The highest BCUT2D eigenvalue weighted by Gasteiger charge is 2.13. The molecule has 2 aromatic heterocycles. The van der Waals surface area contributed by atoms with Crippen molar-refractivity contribution in [3.8, 4) is 17.2 Å². The highest BCUT2D eigenvalue weighted by Crippen LogP contribution is 2.27. The molecule has 0 aliphatic heterocycles. The van der Waals surface area contributed by atoms with E-state index in [0.29, 0.717) is 9.79 Å². The molecule has 2 aromatic carbocycles. The van der Waals surface area contributed by atoms with Gasteiger partial charge in [0.1, 0.15) is 0 Å². The number of nitrogens with zero attached hydrogens (tertiary/aromatic N) is 2. The minimum absolute atomic E-state index is 0.556. The smallest absolute Gasteiger partial charge is 0.200 e. The molecule has 0 radical (unpaired) electrons. The van der Waals surface area contributed by atoms with Crippen molar-refractivity contribution >= 4 is 34.7 Å². The molecular weight excluding hydrogens is 328 g/mol. The van der Waals surface area contributed by atoms with Gasteiger partial charge in [-0.05, 0) is 55.5 Å². The van der Waals surface area contributed by atoms with Gasteiger partial charge in [-0.3, -0.25) is 9.67 Å². The zero-order valence-corrected chi connectivity index (χ0v) is 13.9.